The van der Waals surface area contributed by atoms with Crippen LogP contribution in [0.2, 0.25) is 0 Å². The van der Waals surface area contributed by atoms with E-state index in [1.807, 2.05) is 42.5 Å². The van der Waals surface area contributed by atoms with Gasteiger partial charge < -0.3 is 9.84 Å². The molecule has 0 atom stereocenters. The van der Waals surface area contributed by atoms with Crippen LogP contribution in [0.5, 0.6) is 0 Å². The van der Waals surface area contributed by atoms with Crippen molar-refractivity contribution in [3.05, 3.63) is 48.2 Å². The second-order valence-corrected chi connectivity index (χ2v) is 3.05. The molecule has 1 heterocycles. The minimum Gasteiger partial charge on any atom is -0.455 e. The van der Waals surface area contributed by atoms with Crippen molar-refractivity contribution in [3.63, 3.8) is 0 Å². The number of hydrazone groups is 1. The summed E-state index contributed by atoms with van der Waals surface area (Å²) in [5, 5.41) is 3.88. The monoisotopic (exact) mass is 200 g/mol. The zero-order valence-electron chi connectivity index (χ0n) is 8.47. The number of furan rings is 1. The van der Waals surface area contributed by atoms with E-state index in [2.05, 4.69) is 10.5 Å². The third-order valence-corrected chi connectivity index (χ3v) is 2.01. The van der Waals surface area contributed by atoms with Gasteiger partial charge in [0.05, 0.1) is 6.21 Å². The molecule has 0 radical (unpaired) electrons. The molecule has 1 aromatic heterocycles. The molecule has 15 heavy (non-hydrogen) atoms. The molecule has 3 nitrogen and oxygen atoms in total. The summed E-state index contributed by atoms with van der Waals surface area (Å²) < 4.78 is 5.58. The molecule has 0 saturated carbocycles. The lowest BCUT2D eigenvalue weighted by atomic mass is 10.2. The number of benzene rings is 1. The van der Waals surface area contributed by atoms with Gasteiger partial charge in [0.15, 0.2) is 0 Å². The fourth-order valence-corrected chi connectivity index (χ4v) is 1.31. The molecule has 0 saturated heterocycles. The van der Waals surface area contributed by atoms with Gasteiger partial charge in [-0.05, 0) is 12.1 Å². The molecule has 0 amide bonds. The Labute approximate surface area is 88.4 Å². The van der Waals surface area contributed by atoms with E-state index in [0.29, 0.717) is 0 Å². The maximum absolute atomic E-state index is 5.58. The van der Waals surface area contributed by atoms with Crippen LogP contribution in [-0.2, 0) is 0 Å². The van der Waals surface area contributed by atoms with Crippen molar-refractivity contribution in [1.29, 1.82) is 0 Å². The number of rotatable bonds is 3. The van der Waals surface area contributed by atoms with Gasteiger partial charge in [-0.15, -0.1) is 0 Å². The Morgan fingerprint density at radius 1 is 1.13 bits per heavy atom. The second kappa shape index (κ2) is 4.46. The molecule has 0 spiro atoms. The largest absolute Gasteiger partial charge is 0.455 e. The zero-order valence-corrected chi connectivity index (χ0v) is 8.47. The lowest BCUT2D eigenvalue weighted by Gasteiger charge is -1.94. The zero-order chi connectivity index (χ0) is 10.5. The number of hydrogen-bond donors (Lipinski definition) is 1. The van der Waals surface area contributed by atoms with Crippen LogP contribution in [0.1, 0.15) is 5.76 Å². The molecule has 0 aliphatic heterocycles. The highest BCUT2D eigenvalue weighted by Crippen LogP contribution is 2.20. The predicted octanol–water partition coefficient (Wildman–Crippen LogP) is 2.50. The first-order valence-corrected chi connectivity index (χ1v) is 4.75. The first-order valence-electron chi connectivity index (χ1n) is 4.75. The van der Waals surface area contributed by atoms with Crippen LogP contribution < -0.4 is 5.43 Å². The molecule has 1 aromatic carbocycles. The van der Waals surface area contributed by atoms with Crippen molar-refractivity contribution >= 4 is 6.21 Å². The minimum atomic E-state index is 0.739. The normalized spacial score (nSPS) is 10.7. The SMILES string of the molecule is CN/N=C/c1ccc(-c2ccccc2)o1. The Kier molecular flexibility index (Phi) is 2.83. The molecule has 2 aromatic rings. The summed E-state index contributed by atoms with van der Waals surface area (Å²) in [6.07, 6.45) is 1.65. The van der Waals surface area contributed by atoms with Crippen LogP contribution in [0.15, 0.2) is 52.0 Å². The van der Waals surface area contributed by atoms with Gasteiger partial charge >= 0.3 is 0 Å². The van der Waals surface area contributed by atoms with Crippen molar-refractivity contribution in [2.24, 2.45) is 5.10 Å². The molecule has 0 fully saturated rings. The van der Waals surface area contributed by atoms with E-state index in [9.17, 15) is 0 Å². The second-order valence-electron chi connectivity index (χ2n) is 3.05. The van der Waals surface area contributed by atoms with Gasteiger partial charge in [0.2, 0.25) is 0 Å². The van der Waals surface area contributed by atoms with E-state index >= 15 is 0 Å². The standard InChI is InChI=1S/C12H12N2O/c1-13-14-9-11-7-8-12(15-11)10-5-3-2-4-6-10/h2-9,13H,1H3/b14-9+. The van der Waals surface area contributed by atoms with Crippen LogP contribution in [-0.4, -0.2) is 13.3 Å². The summed E-state index contributed by atoms with van der Waals surface area (Å²) in [6.45, 7) is 0. The molecule has 0 aliphatic rings. The van der Waals surface area contributed by atoms with Crippen molar-refractivity contribution in [2.75, 3.05) is 7.05 Å². The van der Waals surface area contributed by atoms with Crippen LogP contribution in [0.4, 0.5) is 0 Å². The minimum absolute atomic E-state index is 0.739. The quantitative estimate of drug-likeness (QED) is 0.610. The number of nitrogens with one attached hydrogen (secondary N) is 1. The molecule has 0 bridgehead atoms. The third kappa shape index (κ3) is 2.26. The Morgan fingerprint density at radius 3 is 2.67 bits per heavy atom. The molecule has 0 unspecified atom stereocenters. The van der Waals surface area contributed by atoms with Crippen molar-refractivity contribution in [1.82, 2.24) is 5.43 Å². The Bertz CT molecular complexity index is 446. The average molecular weight is 200 g/mol. The summed E-state index contributed by atoms with van der Waals surface area (Å²) in [5.74, 6) is 1.59. The highest BCUT2D eigenvalue weighted by molar-refractivity contribution is 5.77. The smallest absolute Gasteiger partial charge is 0.147 e. The first-order chi connectivity index (χ1) is 7.40. The lowest BCUT2D eigenvalue weighted by Crippen LogP contribution is -1.93. The van der Waals surface area contributed by atoms with Crippen LogP contribution in [0.3, 0.4) is 0 Å². The van der Waals surface area contributed by atoms with Crippen LogP contribution in [0.25, 0.3) is 11.3 Å². The van der Waals surface area contributed by atoms with Crippen LogP contribution >= 0.6 is 0 Å². The summed E-state index contributed by atoms with van der Waals surface area (Å²) >= 11 is 0. The fourth-order valence-electron chi connectivity index (χ4n) is 1.31. The summed E-state index contributed by atoms with van der Waals surface area (Å²) in [5.41, 5.74) is 3.75. The van der Waals surface area contributed by atoms with Gasteiger partial charge in [-0.3, -0.25) is 0 Å². The fraction of sp³-hybridized carbons (Fsp3) is 0.0833. The summed E-state index contributed by atoms with van der Waals surface area (Å²) in [4.78, 5) is 0. The number of nitrogens with zero attached hydrogens (tertiary/aromatic N) is 1. The molecule has 3 heteroatoms. The summed E-state index contributed by atoms with van der Waals surface area (Å²) in [6, 6.07) is 13.8. The van der Waals surface area contributed by atoms with E-state index in [0.717, 1.165) is 17.1 Å². The predicted molar refractivity (Wildman–Crippen MR) is 60.8 cm³/mol. The topological polar surface area (TPSA) is 37.5 Å². The lowest BCUT2D eigenvalue weighted by molar-refractivity contribution is 0.574. The molecule has 2 rings (SSSR count). The Morgan fingerprint density at radius 2 is 1.93 bits per heavy atom. The molecule has 76 valence electrons. The van der Waals surface area contributed by atoms with Gasteiger partial charge in [0.25, 0.3) is 0 Å². The third-order valence-electron chi connectivity index (χ3n) is 2.01. The molecule has 1 N–H and O–H groups in total. The van der Waals surface area contributed by atoms with E-state index in [4.69, 9.17) is 4.42 Å². The van der Waals surface area contributed by atoms with Gasteiger partial charge in [-0.2, -0.15) is 5.10 Å². The van der Waals surface area contributed by atoms with E-state index < -0.39 is 0 Å². The number of hydrogen-bond acceptors (Lipinski definition) is 3. The molecular weight excluding hydrogens is 188 g/mol. The van der Waals surface area contributed by atoms with Crippen molar-refractivity contribution < 1.29 is 4.42 Å². The van der Waals surface area contributed by atoms with E-state index in [1.165, 1.54) is 0 Å². The highest BCUT2D eigenvalue weighted by atomic mass is 16.3. The average Bonchev–Trinajstić information content (AvgIpc) is 2.76. The molecule has 0 aliphatic carbocycles. The Balaban J connectivity index is 2.24. The first kappa shape index (κ1) is 9.52. The van der Waals surface area contributed by atoms with Crippen molar-refractivity contribution in [3.8, 4) is 11.3 Å². The highest BCUT2D eigenvalue weighted by Gasteiger charge is 2.01. The van der Waals surface area contributed by atoms with Gasteiger partial charge in [-0.1, -0.05) is 30.3 Å². The van der Waals surface area contributed by atoms with E-state index in [1.54, 1.807) is 13.3 Å². The van der Waals surface area contributed by atoms with Crippen LogP contribution in [0, 0.1) is 0 Å². The van der Waals surface area contributed by atoms with Gasteiger partial charge in [0, 0.05) is 12.6 Å². The summed E-state index contributed by atoms with van der Waals surface area (Å²) in [7, 11) is 1.75. The van der Waals surface area contributed by atoms with Crippen molar-refractivity contribution in [2.45, 2.75) is 0 Å². The Hall–Kier alpha value is -2.03. The molecular formula is C12H12N2O. The maximum Gasteiger partial charge on any atom is 0.147 e. The van der Waals surface area contributed by atoms with Gasteiger partial charge in [-0.25, -0.2) is 0 Å². The maximum atomic E-state index is 5.58. The van der Waals surface area contributed by atoms with Gasteiger partial charge in [0.1, 0.15) is 11.5 Å². The van der Waals surface area contributed by atoms with E-state index in [-0.39, 0.29) is 0 Å².